The first-order valence-electron chi connectivity index (χ1n) is 17.0. The molecule has 0 aliphatic rings. The van der Waals surface area contributed by atoms with Gasteiger partial charge in [0.2, 0.25) is 0 Å². The minimum atomic E-state index is -0.399. The molecule has 0 bridgehead atoms. The van der Waals surface area contributed by atoms with E-state index >= 15 is 0 Å². The van der Waals surface area contributed by atoms with Gasteiger partial charge < -0.3 is 14.2 Å². The summed E-state index contributed by atoms with van der Waals surface area (Å²) in [4.78, 5) is 24.3. The summed E-state index contributed by atoms with van der Waals surface area (Å²) in [6.07, 6.45) is 22.7. The highest BCUT2D eigenvalue weighted by atomic mass is 16.5. The van der Waals surface area contributed by atoms with Crippen LogP contribution in [0.3, 0.4) is 0 Å². The van der Waals surface area contributed by atoms with Gasteiger partial charge in [0.25, 0.3) is 0 Å². The van der Waals surface area contributed by atoms with Gasteiger partial charge in [-0.3, -0.25) is 4.79 Å². The quantitative estimate of drug-likeness (QED) is 0.0377. The van der Waals surface area contributed by atoms with Crippen molar-refractivity contribution in [1.29, 1.82) is 0 Å². The zero-order valence-electron chi connectivity index (χ0n) is 27.2. The van der Waals surface area contributed by atoms with Crippen LogP contribution in [0.25, 0.3) is 11.6 Å². The minimum absolute atomic E-state index is 0.300. The zero-order chi connectivity index (χ0) is 31.0. The predicted molar refractivity (Wildman–Crippen MR) is 179 cm³/mol. The molecule has 5 nitrogen and oxygen atoms in total. The van der Waals surface area contributed by atoms with Crippen LogP contribution < -0.4 is 9.47 Å². The summed E-state index contributed by atoms with van der Waals surface area (Å²) >= 11 is 0. The standard InChI is InChI=1S/C38H56O5/c1-4-7-9-11-13-15-17-19-26-42-36-25-24-32(29-37(36)43-27-20-18-16-14-12-10-8-5-2)28-35(31-39)33-22-21-23-34(30-33)38(40)41-6-3/h21-25,28-31H,4-20,26-27H2,1-3H3/b35-28+. The summed E-state index contributed by atoms with van der Waals surface area (Å²) < 4.78 is 17.6. The van der Waals surface area contributed by atoms with E-state index < -0.39 is 5.97 Å². The molecule has 0 aliphatic carbocycles. The molecule has 5 heteroatoms. The van der Waals surface area contributed by atoms with Crippen molar-refractivity contribution in [2.24, 2.45) is 0 Å². The third-order valence-corrected chi connectivity index (χ3v) is 7.63. The van der Waals surface area contributed by atoms with Gasteiger partial charge in [-0.1, -0.05) is 122 Å². The molecule has 0 saturated heterocycles. The second-order valence-corrected chi connectivity index (χ2v) is 11.4. The number of ether oxygens (including phenoxy) is 3. The molecule has 0 heterocycles. The summed E-state index contributed by atoms with van der Waals surface area (Å²) in [5.74, 6) is 1.06. The number of carbonyl (C=O) groups excluding carboxylic acids is 2. The van der Waals surface area contributed by atoms with Crippen molar-refractivity contribution in [2.45, 2.75) is 124 Å². The number of hydrogen-bond donors (Lipinski definition) is 0. The number of aldehydes is 1. The number of esters is 1. The van der Waals surface area contributed by atoms with E-state index in [4.69, 9.17) is 14.2 Å². The Morgan fingerprint density at radius 3 is 1.72 bits per heavy atom. The van der Waals surface area contributed by atoms with Crippen LogP contribution in [0, 0.1) is 0 Å². The Kier molecular flexibility index (Phi) is 19.6. The molecular weight excluding hydrogens is 536 g/mol. The molecule has 0 fully saturated rings. The van der Waals surface area contributed by atoms with E-state index in [0.717, 1.165) is 36.9 Å². The minimum Gasteiger partial charge on any atom is -0.490 e. The summed E-state index contributed by atoms with van der Waals surface area (Å²) in [6, 6.07) is 12.8. The fourth-order valence-electron chi connectivity index (χ4n) is 5.09. The highest BCUT2D eigenvalue weighted by Crippen LogP contribution is 2.31. The van der Waals surface area contributed by atoms with Crippen LogP contribution in [0.4, 0.5) is 0 Å². The number of allylic oxidation sites excluding steroid dienone is 1. The van der Waals surface area contributed by atoms with Crippen molar-refractivity contribution < 1.29 is 23.8 Å². The summed E-state index contributed by atoms with van der Waals surface area (Å²) in [5.41, 5.74) is 2.41. The molecule has 238 valence electrons. The Bertz CT molecular complexity index is 1070. The summed E-state index contributed by atoms with van der Waals surface area (Å²) in [7, 11) is 0. The van der Waals surface area contributed by atoms with Gasteiger partial charge in [0.15, 0.2) is 17.8 Å². The summed E-state index contributed by atoms with van der Waals surface area (Å²) in [6.45, 7) is 7.88. The normalized spacial score (nSPS) is 11.4. The van der Waals surface area contributed by atoms with Crippen LogP contribution in [0.15, 0.2) is 42.5 Å². The Morgan fingerprint density at radius 1 is 0.628 bits per heavy atom. The Morgan fingerprint density at radius 2 is 1.16 bits per heavy atom. The van der Waals surface area contributed by atoms with Gasteiger partial charge >= 0.3 is 5.97 Å². The van der Waals surface area contributed by atoms with Crippen LogP contribution in [0.2, 0.25) is 0 Å². The van der Waals surface area contributed by atoms with Crippen LogP contribution in [-0.4, -0.2) is 32.1 Å². The van der Waals surface area contributed by atoms with Crippen molar-refractivity contribution in [3.8, 4) is 11.5 Å². The maximum absolute atomic E-state index is 12.2. The molecule has 2 aromatic carbocycles. The Balaban J connectivity index is 2.05. The average molecular weight is 593 g/mol. The molecule has 43 heavy (non-hydrogen) atoms. The molecule has 0 aliphatic heterocycles. The molecule has 0 amide bonds. The molecule has 0 unspecified atom stereocenters. The third kappa shape index (κ3) is 15.3. The highest BCUT2D eigenvalue weighted by molar-refractivity contribution is 6.13. The van der Waals surface area contributed by atoms with Crippen LogP contribution in [-0.2, 0) is 9.53 Å². The highest BCUT2D eigenvalue weighted by Gasteiger charge is 2.11. The van der Waals surface area contributed by atoms with Crippen LogP contribution >= 0.6 is 0 Å². The molecule has 0 atom stereocenters. The first-order valence-corrected chi connectivity index (χ1v) is 17.0. The van der Waals surface area contributed by atoms with E-state index in [1.807, 2.05) is 30.3 Å². The number of benzene rings is 2. The zero-order valence-corrected chi connectivity index (χ0v) is 27.2. The molecule has 0 spiro atoms. The van der Waals surface area contributed by atoms with Crippen molar-refractivity contribution in [3.63, 3.8) is 0 Å². The van der Waals surface area contributed by atoms with E-state index in [1.165, 1.54) is 83.5 Å². The lowest BCUT2D eigenvalue weighted by Gasteiger charge is -2.14. The largest absolute Gasteiger partial charge is 0.490 e. The number of hydrogen-bond acceptors (Lipinski definition) is 5. The molecule has 2 aromatic rings. The lowest BCUT2D eigenvalue weighted by Crippen LogP contribution is -2.05. The molecule has 2 rings (SSSR count). The second kappa shape index (κ2) is 23.4. The fraction of sp³-hybridized carbons (Fsp3) is 0.579. The van der Waals surface area contributed by atoms with Crippen LogP contribution in [0.1, 0.15) is 145 Å². The first-order chi connectivity index (χ1) is 21.1. The predicted octanol–water partition coefficient (Wildman–Crippen LogP) is 10.6. The second-order valence-electron chi connectivity index (χ2n) is 11.4. The number of carbonyl (C=O) groups is 2. The van der Waals surface area contributed by atoms with Crippen molar-refractivity contribution >= 4 is 23.9 Å². The SMILES string of the molecule is CCCCCCCCCCOc1ccc(/C=C(\C=O)c2cccc(C(=O)OCC)c2)cc1OCCCCCCCCCC. The molecule has 0 N–H and O–H groups in total. The molecule has 0 radical (unpaired) electrons. The van der Waals surface area contributed by atoms with Crippen LogP contribution in [0.5, 0.6) is 11.5 Å². The van der Waals surface area contributed by atoms with E-state index in [9.17, 15) is 9.59 Å². The van der Waals surface area contributed by atoms with E-state index in [-0.39, 0.29) is 0 Å². The van der Waals surface area contributed by atoms with E-state index in [1.54, 1.807) is 25.1 Å². The third-order valence-electron chi connectivity index (χ3n) is 7.63. The van der Waals surface area contributed by atoms with Crippen molar-refractivity contribution in [2.75, 3.05) is 19.8 Å². The number of unbranched alkanes of at least 4 members (excludes halogenated alkanes) is 14. The topological polar surface area (TPSA) is 61.8 Å². The smallest absolute Gasteiger partial charge is 0.338 e. The number of rotatable bonds is 25. The van der Waals surface area contributed by atoms with Crippen molar-refractivity contribution in [1.82, 2.24) is 0 Å². The van der Waals surface area contributed by atoms with Gasteiger partial charge in [0, 0.05) is 5.57 Å². The van der Waals surface area contributed by atoms with Gasteiger partial charge in [0.05, 0.1) is 25.4 Å². The van der Waals surface area contributed by atoms with Gasteiger partial charge in [-0.05, 0) is 61.2 Å². The van der Waals surface area contributed by atoms with Gasteiger partial charge in [-0.15, -0.1) is 0 Å². The van der Waals surface area contributed by atoms with Gasteiger partial charge in [0.1, 0.15) is 0 Å². The molecule has 0 saturated carbocycles. The molecular formula is C38H56O5. The lowest BCUT2D eigenvalue weighted by atomic mass is 10.0. The van der Waals surface area contributed by atoms with Gasteiger partial charge in [-0.2, -0.15) is 0 Å². The van der Waals surface area contributed by atoms with E-state index in [2.05, 4.69) is 13.8 Å². The molecule has 0 aromatic heterocycles. The Labute approximate surface area is 261 Å². The lowest BCUT2D eigenvalue weighted by molar-refractivity contribution is -0.103. The van der Waals surface area contributed by atoms with E-state index in [0.29, 0.717) is 42.3 Å². The average Bonchev–Trinajstić information content (AvgIpc) is 3.03. The maximum Gasteiger partial charge on any atom is 0.338 e. The maximum atomic E-state index is 12.2. The Hall–Kier alpha value is -3.08. The van der Waals surface area contributed by atoms with Crippen molar-refractivity contribution in [3.05, 3.63) is 59.2 Å². The summed E-state index contributed by atoms with van der Waals surface area (Å²) in [5, 5.41) is 0. The first kappa shape index (κ1) is 36.1. The monoisotopic (exact) mass is 592 g/mol. The van der Waals surface area contributed by atoms with Gasteiger partial charge in [-0.25, -0.2) is 4.79 Å². The fourth-order valence-corrected chi connectivity index (χ4v) is 5.09.